The van der Waals surface area contributed by atoms with Gasteiger partial charge >= 0.3 is 6.09 Å². The van der Waals surface area contributed by atoms with Crippen LogP contribution in [0.4, 0.5) is 13.6 Å². The first kappa shape index (κ1) is 12.7. The molecule has 1 atom stereocenters. The molecule has 5 nitrogen and oxygen atoms in total. The monoisotopic (exact) mass is 236 g/mol. The summed E-state index contributed by atoms with van der Waals surface area (Å²) in [7, 11) is 0. The summed E-state index contributed by atoms with van der Waals surface area (Å²) in [4.78, 5) is 21.4. The number of primary amides is 1. The van der Waals surface area contributed by atoms with Crippen molar-refractivity contribution in [3.8, 4) is 0 Å². The number of nitrogens with two attached hydrogens (primary N) is 1. The molecule has 1 rings (SSSR count). The third-order valence-electron chi connectivity index (χ3n) is 2.82. The van der Waals surface area contributed by atoms with E-state index >= 15 is 0 Å². The highest BCUT2D eigenvalue weighted by Crippen LogP contribution is 2.37. The van der Waals surface area contributed by atoms with Gasteiger partial charge in [-0.05, 0) is 18.8 Å². The Kier molecular flexibility index (Phi) is 3.66. The van der Waals surface area contributed by atoms with E-state index in [0.29, 0.717) is 0 Å². The van der Waals surface area contributed by atoms with E-state index in [1.165, 1.54) is 0 Å². The molecule has 0 aromatic rings. The van der Waals surface area contributed by atoms with Gasteiger partial charge in [0.15, 0.2) is 0 Å². The Labute approximate surface area is 91.0 Å². The van der Waals surface area contributed by atoms with E-state index in [2.05, 4.69) is 0 Å². The number of nitrogens with one attached hydrogen (secondary N) is 1. The smallest absolute Gasteiger partial charge is 0.405 e. The van der Waals surface area contributed by atoms with Crippen molar-refractivity contribution in [2.45, 2.75) is 37.6 Å². The highest BCUT2D eigenvalue weighted by atomic mass is 19.3. The summed E-state index contributed by atoms with van der Waals surface area (Å²) in [6.45, 7) is 0. The number of amides is 2. The summed E-state index contributed by atoms with van der Waals surface area (Å²) in [6, 6.07) is -1.08. The van der Waals surface area contributed by atoms with Gasteiger partial charge in [0.1, 0.15) is 6.04 Å². The van der Waals surface area contributed by atoms with Crippen LogP contribution in [-0.4, -0.2) is 29.1 Å². The largest absolute Gasteiger partial charge is 0.465 e. The van der Waals surface area contributed by atoms with Gasteiger partial charge in [0.25, 0.3) is 0 Å². The van der Waals surface area contributed by atoms with E-state index in [4.69, 9.17) is 10.8 Å². The molecule has 4 N–H and O–H groups in total. The van der Waals surface area contributed by atoms with Crippen LogP contribution < -0.4 is 11.1 Å². The third-order valence-corrected chi connectivity index (χ3v) is 2.82. The van der Waals surface area contributed by atoms with Crippen LogP contribution in [0.25, 0.3) is 0 Å². The molecule has 0 radical (unpaired) electrons. The van der Waals surface area contributed by atoms with Gasteiger partial charge in [-0.25, -0.2) is 13.6 Å². The van der Waals surface area contributed by atoms with E-state index in [9.17, 15) is 18.4 Å². The van der Waals surface area contributed by atoms with Gasteiger partial charge in [-0.1, -0.05) is 0 Å². The van der Waals surface area contributed by atoms with Gasteiger partial charge in [0.05, 0.1) is 0 Å². The number of rotatable bonds is 3. The highest BCUT2D eigenvalue weighted by Gasteiger charge is 2.39. The number of carbonyl (C=O) groups is 2. The predicted octanol–water partition coefficient (Wildman–Crippen LogP) is 0.933. The maximum Gasteiger partial charge on any atom is 0.405 e. The summed E-state index contributed by atoms with van der Waals surface area (Å²) in [5.74, 6) is -3.96. The minimum Gasteiger partial charge on any atom is -0.465 e. The minimum absolute atomic E-state index is 0.0981. The van der Waals surface area contributed by atoms with E-state index in [1.807, 2.05) is 5.32 Å². The number of hydrogen-bond acceptors (Lipinski definition) is 2. The Morgan fingerprint density at radius 2 is 1.88 bits per heavy atom. The average molecular weight is 236 g/mol. The highest BCUT2D eigenvalue weighted by molar-refractivity contribution is 5.84. The van der Waals surface area contributed by atoms with E-state index in [-0.39, 0.29) is 25.7 Å². The Morgan fingerprint density at radius 3 is 2.25 bits per heavy atom. The third kappa shape index (κ3) is 3.32. The molecule has 0 saturated heterocycles. The fourth-order valence-electron chi connectivity index (χ4n) is 1.95. The summed E-state index contributed by atoms with van der Waals surface area (Å²) < 4.78 is 25.7. The van der Waals surface area contributed by atoms with Crippen molar-refractivity contribution in [3.05, 3.63) is 0 Å². The molecule has 2 amide bonds. The van der Waals surface area contributed by atoms with Crippen molar-refractivity contribution < 1.29 is 23.5 Å². The lowest BCUT2D eigenvalue weighted by Gasteiger charge is -2.31. The Hall–Kier alpha value is -1.40. The van der Waals surface area contributed by atoms with Crippen molar-refractivity contribution in [2.24, 2.45) is 11.7 Å². The van der Waals surface area contributed by atoms with Crippen LogP contribution in [0.5, 0.6) is 0 Å². The van der Waals surface area contributed by atoms with Crippen molar-refractivity contribution >= 4 is 12.0 Å². The van der Waals surface area contributed by atoms with Crippen molar-refractivity contribution in [2.75, 3.05) is 0 Å². The van der Waals surface area contributed by atoms with Gasteiger partial charge < -0.3 is 16.2 Å². The molecule has 1 fully saturated rings. The van der Waals surface area contributed by atoms with Crippen LogP contribution in [0, 0.1) is 5.92 Å². The van der Waals surface area contributed by atoms with Gasteiger partial charge in [-0.15, -0.1) is 0 Å². The first-order chi connectivity index (χ1) is 7.32. The first-order valence-electron chi connectivity index (χ1n) is 4.98. The van der Waals surface area contributed by atoms with Gasteiger partial charge in [0.2, 0.25) is 11.8 Å². The number of carboxylic acid groups (broad SMARTS) is 1. The number of halogens is 2. The average Bonchev–Trinajstić information content (AvgIpc) is 2.14. The second-order valence-corrected chi connectivity index (χ2v) is 4.02. The predicted molar refractivity (Wildman–Crippen MR) is 51.0 cm³/mol. The SMILES string of the molecule is NC(=O)[C@@H](NC(=O)O)C1CCC(F)(F)CC1. The van der Waals surface area contributed by atoms with Crippen LogP contribution in [-0.2, 0) is 4.79 Å². The Morgan fingerprint density at radius 1 is 1.38 bits per heavy atom. The van der Waals surface area contributed by atoms with Crippen molar-refractivity contribution in [3.63, 3.8) is 0 Å². The molecule has 7 heteroatoms. The molecule has 0 aromatic carbocycles. The van der Waals surface area contributed by atoms with Gasteiger partial charge in [-0.3, -0.25) is 4.79 Å². The molecule has 92 valence electrons. The molecular formula is C9H14F2N2O3. The molecular weight excluding hydrogens is 222 g/mol. The molecule has 0 unspecified atom stereocenters. The molecule has 1 saturated carbocycles. The van der Waals surface area contributed by atoms with E-state index < -0.39 is 29.9 Å². The molecule has 16 heavy (non-hydrogen) atoms. The fourth-order valence-corrected chi connectivity index (χ4v) is 1.95. The molecule has 1 aliphatic rings. The number of alkyl halides is 2. The topological polar surface area (TPSA) is 92.4 Å². The molecule has 0 aromatic heterocycles. The fraction of sp³-hybridized carbons (Fsp3) is 0.778. The van der Waals surface area contributed by atoms with Crippen LogP contribution in [0.1, 0.15) is 25.7 Å². The lowest BCUT2D eigenvalue weighted by molar-refractivity contribution is -0.122. The van der Waals surface area contributed by atoms with E-state index in [0.717, 1.165) is 0 Å². The summed E-state index contributed by atoms with van der Waals surface area (Å²) in [6.07, 6.45) is -1.84. The zero-order valence-electron chi connectivity index (χ0n) is 8.58. The standard InChI is InChI=1S/C9H14F2N2O3/c10-9(11)3-1-5(2-4-9)6(7(12)14)13-8(15)16/h5-6,13H,1-4H2,(H2,12,14)(H,15,16)/t6-/m0/s1. The molecule has 0 heterocycles. The van der Waals surface area contributed by atoms with Crippen LogP contribution in [0.2, 0.25) is 0 Å². The van der Waals surface area contributed by atoms with Crippen LogP contribution in [0.15, 0.2) is 0 Å². The summed E-state index contributed by atoms with van der Waals surface area (Å²) in [5.41, 5.74) is 5.03. The van der Waals surface area contributed by atoms with Crippen LogP contribution in [0.3, 0.4) is 0 Å². The minimum atomic E-state index is -2.71. The molecule has 1 aliphatic carbocycles. The number of carbonyl (C=O) groups excluding carboxylic acids is 1. The molecule has 0 spiro atoms. The second kappa shape index (κ2) is 4.63. The Bertz CT molecular complexity index is 286. The lowest BCUT2D eigenvalue weighted by Crippen LogP contribution is -2.50. The lowest BCUT2D eigenvalue weighted by atomic mass is 9.82. The van der Waals surface area contributed by atoms with Crippen molar-refractivity contribution in [1.82, 2.24) is 5.32 Å². The molecule has 0 bridgehead atoms. The maximum absolute atomic E-state index is 12.9. The number of hydrogen-bond donors (Lipinski definition) is 3. The summed E-state index contributed by atoms with van der Waals surface area (Å²) in [5, 5.41) is 10.5. The van der Waals surface area contributed by atoms with Crippen molar-refractivity contribution in [1.29, 1.82) is 0 Å². The van der Waals surface area contributed by atoms with E-state index in [1.54, 1.807) is 0 Å². The summed E-state index contributed by atoms with van der Waals surface area (Å²) >= 11 is 0. The second-order valence-electron chi connectivity index (χ2n) is 4.02. The zero-order chi connectivity index (χ0) is 12.3. The quantitative estimate of drug-likeness (QED) is 0.680. The maximum atomic E-state index is 12.9. The molecule has 0 aliphatic heterocycles. The van der Waals surface area contributed by atoms with Gasteiger partial charge in [-0.2, -0.15) is 0 Å². The normalized spacial score (nSPS) is 22.4. The first-order valence-corrected chi connectivity index (χ1v) is 4.98. The Balaban J connectivity index is 2.60. The van der Waals surface area contributed by atoms with Gasteiger partial charge in [0, 0.05) is 12.8 Å². The zero-order valence-corrected chi connectivity index (χ0v) is 8.58. The van der Waals surface area contributed by atoms with Crippen LogP contribution >= 0.6 is 0 Å².